The van der Waals surface area contributed by atoms with Crippen LogP contribution < -0.4 is 0 Å². The zero-order valence-corrected chi connectivity index (χ0v) is 4.46. The van der Waals surface area contributed by atoms with Gasteiger partial charge in [-0.05, 0) is 13.8 Å². The Kier molecular flexibility index (Phi) is 4.51. The Bertz CT molecular complexity index is 67.8. The first-order valence-electron chi connectivity index (χ1n) is 2.04. The minimum Gasteiger partial charge on any atom is -0.245 e. The zero-order chi connectivity index (χ0) is 5.54. The molecule has 0 aliphatic rings. The van der Waals surface area contributed by atoms with Crippen LogP contribution in [0.4, 0.5) is 0 Å². The summed E-state index contributed by atoms with van der Waals surface area (Å²) in [4.78, 5) is 4.27. The zero-order valence-electron chi connectivity index (χ0n) is 4.46. The second kappa shape index (κ2) is 5.14. The fourth-order valence-electron chi connectivity index (χ4n) is 0.121. The molecule has 0 bridgehead atoms. The van der Waals surface area contributed by atoms with Crippen molar-refractivity contribution in [3.8, 4) is 0 Å². The smallest absolute Gasteiger partial charge is 0.0439 e. The van der Waals surface area contributed by atoms with Crippen LogP contribution in [0.5, 0.6) is 0 Å². The van der Waals surface area contributed by atoms with Gasteiger partial charge in [0.25, 0.3) is 0 Å². The van der Waals surface area contributed by atoms with Crippen LogP contribution in [0.1, 0.15) is 13.8 Å². The van der Waals surface area contributed by atoms with Crippen molar-refractivity contribution in [1.29, 1.82) is 0 Å². The molecule has 0 aromatic heterocycles. The average Bonchev–Trinajstić information content (AvgIpc) is 1.69. The fraction of sp³-hybridized carbons (Fsp3) is 0.500. The number of hydrogen-bond acceptors (Lipinski definition) is 3. The molecule has 0 rings (SSSR count). The lowest BCUT2D eigenvalue weighted by atomic mass is 10.9. The van der Waals surface area contributed by atoms with Gasteiger partial charge in [-0.3, -0.25) is 0 Å². The third-order valence-electron chi connectivity index (χ3n) is 0.305. The highest BCUT2D eigenvalue weighted by Gasteiger charge is 1.58. The number of oxime groups is 2. The molecule has 0 heterocycles. The molecular weight excluding hydrogens is 92.1 g/mol. The summed E-state index contributed by atoms with van der Waals surface area (Å²) >= 11 is 0. The summed E-state index contributed by atoms with van der Waals surface area (Å²) in [5, 5.41) is 6.68. The number of nitrogens with zero attached hydrogens (tertiary/aromatic N) is 2. The van der Waals surface area contributed by atoms with E-state index in [1.54, 1.807) is 13.8 Å². The van der Waals surface area contributed by atoms with E-state index < -0.39 is 0 Å². The molecule has 0 saturated heterocycles. The van der Waals surface area contributed by atoms with Crippen molar-refractivity contribution in [2.24, 2.45) is 10.3 Å². The van der Waals surface area contributed by atoms with E-state index in [0.29, 0.717) is 0 Å². The molecule has 0 N–H and O–H groups in total. The highest BCUT2D eigenvalue weighted by Crippen LogP contribution is 1.70. The summed E-state index contributed by atoms with van der Waals surface area (Å²) in [6.45, 7) is 3.51. The van der Waals surface area contributed by atoms with Crippen molar-refractivity contribution in [1.82, 2.24) is 0 Å². The van der Waals surface area contributed by atoms with E-state index >= 15 is 0 Å². The Morgan fingerprint density at radius 2 is 1.57 bits per heavy atom. The highest BCUT2D eigenvalue weighted by atomic mass is 16.8. The van der Waals surface area contributed by atoms with Gasteiger partial charge in [0.15, 0.2) is 0 Å². The third kappa shape index (κ3) is 5.14. The Morgan fingerprint density at radius 1 is 1.14 bits per heavy atom. The van der Waals surface area contributed by atoms with E-state index in [0.717, 1.165) is 0 Å². The van der Waals surface area contributed by atoms with Gasteiger partial charge in [0.1, 0.15) is 0 Å². The molecular formula is C4H8N2O. The predicted octanol–water partition coefficient (Wildman–Crippen LogP) is 1.01. The molecule has 0 saturated carbocycles. The van der Waals surface area contributed by atoms with Crippen LogP contribution in [0.3, 0.4) is 0 Å². The third-order valence-corrected chi connectivity index (χ3v) is 0.305. The van der Waals surface area contributed by atoms with Crippen molar-refractivity contribution in [2.75, 3.05) is 0 Å². The SMILES string of the molecule is CC=NON=CC. The monoisotopic (exact) mass is 100 g/mol. The molecule has 0 fully saturated rings. The van der Waals surface area contributed by atoms with Crippen molar-refractivity contribution in [3.05, 3.63) is 0 Å². The quantitative estimate of drug-likeness (QED) is 0.376. The Labute approximate surface area is 42.6 Å². The van der Waals surface area contributed by atoms with Gasteiger partial charge in [-0.2, -0.15) is 0 Å². The van der Waals surface area contributed by atoms with Crippen LogP contribution >= 0.6 is 0 Å². The maximum Gasteiger partial charge on any atom is 0.0439 e. The van der Waals surface area contributed by atoms with E-state index in [9.17, 15) is 0 Å². The van der Waals surface area contributed by atoms with Gasteiger partial charge >= 0.3 is 0 Å². The fourth-order valence-corrected chi connectivity index (χ4v) is 0.121. The lowest BCUT2D eigenvalue weighted by Crippen LogP contribution is -1.67. The van der Waals surface area contributed by atoms with Gasteiger partial charge in [0, 0.05) is 12.4 Å². The second-order valence-corrected chi connectivity index (χ2v) is 0.809. The maximum absolute atomic E-state index is 4.27. The highest BCUT2D eigenvalue weighted by molar-refractivity contribution is 5.53. The Balaban J connectivity index is 2.98. The van der Waals surface area contributed by atoms with E-state index in [-0.39, 0.29) is 0 Å². The summed E-state index contributed by atoms with van der Waals surface area (Å²) < 4.78 is 0. The molecule has 0 aliphatic heterocycles. The Hall–Kier alpha value is -0.860. The minimum absolute atomic E-state index is 1.52. The van der Waals surface area contributed by atoms with Crippen molar-refractivity contribution >= 4 is 12.4 Å². The summed E-state index contributed by atoms with van der Waals surface area (Å²) in [5.41, 5.74) is 0. The standard InChI is InChI=1S/C4H8N2O/c1-3-5-7-6-4-2/h3-4H,1-2H3. The molecule has 0 amide bonds. The molecule has 0 aromatic rings. The summed E-state index contributed by atoms with van der Waals surface area (Å²) in [6.07, 6.45) is 3.04. The second-order valence-electron chi connectivity index (χ2n) is 0.809. The maximum atomic E-state index is 4.27. The van der Waals surface area contributed by atoms with Crippen LogP contribution in [0.25, 0.3) is 0 Å². The van der Waals surface area contributed by atoms with Gasteiger partial charge in [0.2, 0.25) is 0 Å². The van der Waals surface area contributed by atoms with Crippen molar-refractivity contribution in [3.63, 3.8) is 0 Å². The average molecular weight is 100 g/mol. The molecule has 40 valence electrons. The van der Waals surface area contributed by atoms with Crippen molar-refractivity contribution < 1.29 is 4.94 Å². The van der Waals surface area contributed by atoms with Gasteiger partial charge in [-0.25, -0.2) is 4.94 Å². The lowest BCUT2D eigenvalue weighted by molar-refractivity contribution is 0.158. The molecule has 0 aromatic carbocycles. The van der Waals surface area contributed by atoms with E-state index in [1.807, 2.05) is 0 Å². The predicted molar refractivity (Wildman–Crippen MR) is 29.4 cm³/mol. The van der Waals surface area contributed by atoms with Gasteiger partial charge in [-0.15, -0.1) is 0 Å². The molecule has 0 spiro atoms. The molecule has 0 unspecified atom stereocenters. The summed E-state index contributed by atoms with van der Waals surface area (Å²) in [7, 11) is 0. The number of hydrogen-bond donors (Lipinski definition) is 0. The van der Waals surface area contributed by atoms with E-state index in [4.69, 9.17) is 0 Å². The first-order chi connectivity index (χ1) is 3.41. The van der Waals surface area contributed by atoms with Gasteiger partial charge in [0.05, 0.1) is 0 Å². The van der Waals surface area contributed by atoms with Crippen LogP contribution in [0, 0.1) is 0 Å². The van der Waals surface area contributed by atoms with Crippen molar-refractivity contribution in [2.45, 2.75) is 13.8 Å². The van der Waals surface area contributed by atoms with E-state index in [2.05, 4.69) is 15.2 Å². The minimum atomic E-state index is 1.52. The molecule has 3 nitrogen and oxygen atoms in total. The Morgan fingerprint density at radius 3 is 1.86 bits per heavy atom. The van der Waals surface area contributed by atoms with E-state index in [1.165, 1.54) is 12.4 Å². The van der Waals surface area contributed by atoms with Gasteiger partial charge < -0.3 is 0 Å². The van der Waals surface area contributed by atoms with Crippen LogP contribution in [0.2, 0.25) is 0 Å². The van der Waals surface area contributed by atoms with Crippen LogP contribution in [0.15, 0.2) is 10.3 Å². The molecule has 0 radical (unpaired) electrons. The lowest BCUT2D eigenvalue weighted by Gasteiger charge is -1.77. The molecule has 0 aliphatic carbocycles. The number of rotatable bonds is 2. The summed E-state index contributed by atoms with van der Waals surface area (Å²) in [5.74, 6) is 0. The topological polar surface area (TPSA) is 34.0 Å². The molecule has 0 atom stereocenters. The molecule has 7 heavy (non-hydrogen) atoms. The van der Waals surface area contributed by atoms with Gasteiger partial charge in [-0.1, -0.05) is 10.3 Å². The van der Waals surface area contributed by atoms with Crippen LogP contribution in [-0.4, -0.2) is 12.4 Å². The summed E-state index contributed by atoms with van der Waals surface area (Å²) in [6, 6.07) is 0. The molecule has 3 heteroatoms. The first kappa shape index (κ1) is 6.14. The first-order valence-corrected chi connectivity index (χ1v) is 2.04. The van der Waals surface area contributed by atoms with Crippen LogP contribution in [-0.2, 0) is 4.94 Å². The normalized spacial score (nSPS) is 11.1. The largest absolute Gasteiger partial charge is 0.245 e.